The number of aromatic amines is 1. The lowest BCUT2D eigenvalue weighted by atomic mass is 9.89. The second-order valence-electron chi connectivity index (χ2n) is 5.87. The van der Waals surface area contributed by atoms with Crippen molar-refractivity contribution in [2.45, 2.75) is 18.8 Å². The summed E-state index contributed by atoms with van der Waals surface area (Å²) in [6, 6.07) is 9.52. The van der Waals surface area contributed by atoms with Crippen LogP contribution in [0.4, 0.5) is 0 Å². The maximum Gasteiger partial charge on any atom is 0.304 e. The smallest absolute Gasteiger partial charge is 0.304 e. The molecular weight excluding hydrogens is 318 g/mol. The van der Waals surface area contributed by atoms with E-state index in [4.69, 9.17) is 10.5 Å². The molecule has 0 amide bonds. The second-order valence-corrected chi connectivity index (χ2v) is 5.87. The number of fused-ring (bicyclic) bond motifs is 1. The van der Waals surface area contributed by atoms with Gasteiger partial charge in [0.1, 0.15) is 5.75 Å². The Morgan fingerprint density at radius 3 is 2.80 bits per heavy atom. The fraction of sp³-hybridized carbons (Fsp3) is 0.263. The zero-order valence-corrected chi connectivity index (χ0v) is 13.8. The largest absolute Gasteiger partial charge is 0.493 e. The summed E-state index contributed by atoms with van der Waals surface area (Å²) in [6.07, 6.45) is 6.07. The van der Waals surface area contributed by atoms with Crippen molar-refractivity contribution in [3.05, 3.63) is 60.0 Å². The van der Waals surface area contributed by atoms with Gasteiger partial charge in [-0.2, -0.15) is 0 Å². The van der Waals surface area contributed by atoms with Gasteiger partial charge in [-0.1, -0.05) is 0 Å². The lowest BCUT2D eigenvalue weighted by Gasteiger charge is -2.15. The van der Waals surface area contributed by atoms with Gasteiger partial charge in [-0.05, 0) is 48.4 Å². The Bertz CT molecular complexity index is 846. The molecule has 0 spiro atoms. The van der Waals surface area contributed by atoms with Crippen LogP contribution in [0.15, 0.2) is 48.9 Å². The Labute approximate surface area is 145 Å². The van der Waals surface area contributed by atoms with Crippen molar-refractivity contribution in [1.29, 1.82) is 0 Å². The zero-order chi connectivity index (χ0) is 17.6. The van der Waals surface area contributed by atoms with Crippen LogP contribution in [0.5, 0.6) is 5.75 Å². The lowest BCUT2D eigenvalue weighted by Crippen LogP contribution is -2.07. The molecule has 130 valence electrons. The van der Waals surface area contributed by atoms with E-state index in [2.05, 4.69) is 9.97 Å². The quantitative estimate of drug-likeness (QED) is 0.548. The fourth-order valence-electron chi connectivity index (χ4n) is 2.96. The van der Waals surface area contributed by atoms with Crippen LogP contribution in [0.1, 0.15) is 29.9 Å². The van der Waals surface area contributed by atoms with Crippen LogP contribution < -0.4 is 10.5 Å². The molecule has 0 aliphatic heterocycles. The molecule has 4 N–H and O–H groups in total. The molecule has 2 heterocycles. The number of pyridine rings is 1. The Morgan fingerprint density at radius 2 is 2.08 bits per heavy atom. The number of benzene rings is 1. The summed E-state index contributed by atoms with van der Waals surface area (Å²) in [4.78, 5) is 18.6. The molecule has 0 aliphatic carbocycles. The third-order valence-corrected chi connectivity index (χ3v) is 4.17. The summed E-state index contributed by atoms with van der Waals surface area (Å²) in [7, 11) is 0. The summed E-state index contributed by atoms with van der Waals surface area (Å²) >= 11 is 0. The first kappa shape index (κ1) is 17.0. The van der Waals surface area contributed by atoms with Gasteiger partial charge in [-0.3, -0.25) is 9.78 Å². The molecular formula is C19H21N3O3. The van der Waals surface area contributed by atoms with E-state index in [1.807, 2.05) is 36.5 Å². The number of nitrogens with two attached hydrogens (primary N) is 1. The fourth-order valence-corrected chi connectivity index (χ4v) is 2.96. The first-order valence-corrected chi connectivity index (χ1v) is 8.24. The number of hydrogen-bond donors (Lipinski definition) is 3. The Kier molecular flexibility index (Phi) is 5.30. The zero-order valence-electron chi connectivity index (χ0n) is 13.8. The second kappa shape index (κ2) is 7.81. The van der Waals surface area contributed by atoms with Gasteiger partial charge in [0.2, 0.25) is 0 Å². The van der Waals surface area contributed by atoms with Crippen molar-refractivity contribution in [2.75, 3.05) is 13.2 Å². The normalized spacial score (nSPS) is 12.2. The van der Waals surface area contributed by atoms with Crippen molar-refractivity contribution in [2.24, 2.45) is 5.73 Å². The van der Waals surface area contributed by atoms with Crippen LogP contribution in [-0.4, -0.2) is 34.2 Å². The van der Waals surface area contributed by atoms with E-state index in [-0.39, 0.29) is 12.3 Å². The van der Waals surface area contributed by atoms with E-state index >= 15 is 0 Å². The molecule has 25 heavy (non-hydrogen) atoms. The Hall–Kier alpha value is -2.86. The predicted octanol–water partition coefficient (Wildman–Crippen LogP) is 2.90. The first-order chi connectivity index (χ1) is 12.2. The monoisotopic (exact) mass is 339 g/mol. The highest BCUT2D eigenvalue weighted by Gasteiger charge is 2.21. The molecule has 2 aromatic heterocycles. The van der Waals surface area contributed by atoms with E-state index in [9.17, 15) is 9.90 Å². The molecule has 1 atom stereocenters. The van der Waals surface area contributed by atoms with Gasteiger partial charge in [0, 0.05) is 41.5 Å². The number of carboxylic acids is 1. The van der Waals surface area contributed by atoms with Gasteiger partial charge in [-0.25, -0.2) is 0 Å². The third kappa shape index (κ3) is 3.97. The van der Waals surface area contributed by atoms with Crippen molar-refractivity contribution >= 4 is 16.9 Å². The molecule has 0 aliphatic rings. The Morgan fingerprint density at radius 1 is 1.28 bits per heavy atom. The summed E-state index contributed by atoms with van der Waals surface area (Å²) in [5.41, 5.74) is 8.28. The summed E-state index contributed by atoms with van der Waals surface area (Å²) in [5, 5.41) is 10.3. The number of rotatable bonds is 8. The minimum absolute atomic E-state index is 0.0196. The lowest BCUT2D eigenvalue weighted by molar-refractivity contribution is -0.137. The maximum absolute atomic E-state index is 11.4. The van der Waals surface area contributed by atoms with E-state index in [1.54, 1.807) is 12.4 Å². The SMILES string of the molecule is NCCCOc1ccc2c(C(CC(=O)O)c3ccncc3)c[nH]c2c1. The number of H-pyrrole nitrogens is 1. The molecule has 6 nitrogen and oxygen atoms in total. The minimum Gasteiger partial charge on any atom is -0.493 e. The molecule has 1 aromatic carbocycles. The summed E-state index contributed by atoms with van der Waals surface area (Å²) < 4.78 is 5.67. The van der Waals surface area contributed by atoms with Crippen LogP contribution in [0.3, 0.4) is 0 Å². The van der Waals surface area contributed by atoms with Crippen molar-refractivity contribution < 1.29 is 14.6 Å². The van der Waals surface area contributed by atoms with Gasteiger partial charge in [0.15, 0.2) is 0 Å². The van der Waals surface area contributed by atoms with Gasteiger partial charge < -0.3 is 20.6 Å². The van der Waals surface area contributed by atoms with Crippen LogP contribution in [0.25, 0.3) is 10.9 Å². The van der Waals surface area contributed by atoms with Gasteiger partial charge >= 0.3 is 5.97 Å². The standard InChI is InChI=1S/C19H21N3O3/c20-6-1-9-25-14-2-3-15-17(12-22-18(15)10-14)16(11-19(23)24)13-4-7-21-8-5-13/h2-5,7-8,10,12,16,22H,1,6,9,11,20H2,(H,23,24). The molecule has 3 rings (SSSR count). The number of hydrogen-bond acceptors (Lipinski definition) is 4. The number of nitrogens with zero attached hydrogens (tertiary/aromatic N) is 1. The van der Waals surface area contributed by atoms with E-state index in [0.29, 0.717) is 13.2 Å². The van der Waals surface area contributed by atoms with Crippen molar-refractivity contribution in [3.8, 4) is 5.75 Å². The van der Waals surface area contributed by atoms with Crippen molar-refractivity contribution in [3.63, 3.8) is 0 Å². The molecule has 0 bridgehead atoms. The molecule has 0 fully saturated rings. The summed E-state index contributed by atoms with van der Waals surface area (Å²) in [5.74, 6) is -0.302. The number of carbonyl (C=O) groups is 1. The van der Waals surface area contributed by atoms with Crippen LogP contribution >= 0.6 is 0 Å². The number of aromatic nitrogens is 2. The molecule has 0 saturated heterocycles. The highest BCUT2D eigenvalue weighted by molar-refractivity contribution is 5.86. The first-order valence-electron chi connectivity index (χ1n) is 8.24. The molecule has 1 unspecified atom stereocenters. The van der Waals surface area contributed by atoms with Gasteiger partial charge in [0.25, 0.3) is 0 Å². The maximum atomic E-state index is 11.4. The van der Waals surface area contributed by atoms with Gasteiger partial charge in [-0.15, -0.1) is 0 Å². The van der Waals surface area contributed by atoms with E-state index < -0.39 is 5.97 Å². The highest BCUT2D eigenvalue weighted by Crippen LogP contribution is 2.34. The molecule has 0 radical (unpaired) electrons. The van der Waals surface area contributed by atoms with Crippen LogP contribution in [-0.2, 0) is 4.79 Å². The van der Waals surface area contributed by atoms with E-state index in [0.717, 1.165) is 34.2 Å². The molecule has 6 heteroatoms. The topological polar surface area (TPSA) is 101 Å². The van der Waals surface area contributed by atoms with Crippen LogP contribution in [0, 0.1) is 0 Å². The average Bonchev–Trinajstić information content (AvgIpc) is 3.03. The average molecular weight is 339 g/mol. The number of nitrogens with one attached hydrogen (secondary N) is 1. The predicted molar refractivity (Wildman–Crippen MR) is 95.8 cm³/mol. The molecule has 0 saturated carbocycles. The van der Waals surface area contributed by atoms with E-state index in [1.165, 1.54) is 0 Å². The highest BCUT2D eigenvalue weighted by atomic mass is 16.5. The third-order valence-electron chi connectivity index (χ3n) is 4.17. The number of ether oxygens (including phenoxy) is 1. The number of aliphatic carboxylic acids is 1. The summed E-state index contributed by atoms with van der Waals surface area (Å²) in [6.45, 7) is 1.17. The Balaban J connectivity index is 1.94. The van der Waals surface area contributed by atoms with Crippen LogP contribution in [0.2, 0.25) is 0 Å². The molecule has 3 aromatic rings. The number of carboxylic acid groups (broad SMARTS) is 1. The minimum atomic E-state index is -0.835. The van der Waals surface area contributed by atoms with Gasteiger partial charge in [0.05, 0.1) is 13.0 Å². The van der Waals surface area contributed by atoms with Crippen molar-refractivity contribution in [1.82, 2.24) is 9.97 Å².